The van der Waals surface area contributed by atoms with Gasteiger partial charge in [-0.3, -0.25) is 4.79 Å². The first-order chi connectivity index (χ1) is 9.31. The number of hydrogen-bond donors (Lipinski definition) is 2. The highest BCUT2D eigenvalue weighted by molar-refractivity contribution is 5.95. The number of nitrogens with zero attached hydrogens (tertiary/aromatic N) is 2. The molecule has 1 fully saturated rings. The number of aliphatic hydroxyl groups excluding tert-OH is 1. The highest BCUT2D eigenvalue weighted by atomic mass is 16.3. The zero-order valence-corrected chi connectivity index (χ0v) is 12.2. The van der Waals surface area contributed by atoms with Crippen LogP contribution in [0, 0.1) is 0 Å². The van der Waals surface area contributed by atoms with Gasteiger partial charge in [-0.2, -0.15) is 0 Å². The molecule has 5 heteroatoms. The van der Waals surface area contributed by atoms with E-state index in [1.807, 2.05) is 37.2 Å². The number of carbonyl (C=O) groups is 1. The molecule has 2 rings (SSSR count). The van der Waals surface area contributed by atoms with Gasteiger partial charge in [0.15, 0.2) is 0 Å². The van der Waals surface area contributed by atoms with E-state index < -0.39 is 11.7 Å². The second-order valence-electron chi connectivity index (χ2n) is 5.82. The Balaban J connectivity index is 2.14. The predicted molar refractivity (Wildman–Crippen MR) is 77.9 cm³/mol. The van der Waals surface area contributed by atoms with Crippen molar-refractivity contribution in [1.82, 2.24) is 4.90 Å². The van der Waals surface area contributed by atoms with Crippen molar-refractivity contribution in [3.05, 3.63) is 29.8 Å². The topological polar surface area (TPSA) is 64.0 Å². The fraction of sp³-hybridized carbons (Fsp3) is 0.533. The third-order valence-corrected chi connectivity index (χ3v) is 3.90. The molecule has 0 aromatic heterocycles. The van der Waals surface area contributed by atoms with Gasteiger partial charge in [-0.05, 0) is 31.5 Å². The Morgan fingerprint density at radius 3 is 2.75 bits per heavy atom. The molecule has 0 bridgehead atoms. The van der Waals surface area contributed by atoms with Crippen LogP contribution in [0.15, 0.2) is 24.3 Å². The number of rotatable bonds is 2. The number of aliphatic hydroxyl groups is 2. The fourth-order valence-corrected chi connectivity index (χ4v) is 2.31. The standard InChI is InChI=1S/C15H22N2O3/c1-15(20)7-8-17(10-13(15)18)14(19)11-5-4-6-12(9-11)16(2)3/h4-6,9,13,18,20H,7-8,10H2,1-3H3/t13-,15+/m0/s1. The molecule has 1 aromatic rings. The van der Waals surface area contributed by atoms with E-state index in [1.165, 1.54) is 0 Å². The summed E-state index contributed by atoms with van der Waals surface area (Å²) < 4.78 is 0. The molecule has 1 saturated heterocycles. The highest BCUT2D eigenvalue weighted by Crippen LogP contribution is 2.24. The van der Waals surface area contributed by atoms with Crippen LogP contribution in [-0.4, -0.2) is 59.9 Å². The van der Waals surface area contributed by atoms with Crippen LogP contribution in [0.3, 0.4) is 0 Å². The first-order valence-electron chi connectivity index (χ1n) is 6.78. The molecule has 1 aliphatic heterocycles. The molecular formula is C15H22N2O3. The van der Waals surface area contributed by atoms with E-state index in [0.717, 1.165) is 5.69 Å². The normalized spacial score (nSPS) is 26.4. The molecule has 0 radical (unpaired) electrons. The van der Waals surface area contributed by atoms with Gasteiger partial charge in [-0.15, -0.1) is 0 Å². The molecule has 1 aliphatic rings. The molecule has 2 N–H and O–H groups in total. The van der Waals surface area contributed by atoms with E-state index in [9.17, 15) is 15.0 Å². The molecule has 1 heterocycles. The largest absolute Gasteiger partial charge is 0.388 e. The van der Waals surface area contributed by atoms with E-state index in [4.69, 9.17) is 0 Å². The number of likely N-dealkylation sites (tertiary alicyclic amines) is 1. The van der Waals surface area contributed by atoms with Crippen LogP contribution in [0.1, 0.15) is 23.7 Å². The van der Waals surface area contributed by atoms with E-state index in [-0.39, 0.29) is 12.5 Å². The maximum atomic E-state index is 12.4. The molecule has 20 heavy (non-hydrogen) atoms. The summed E-state index contributed by atoms with van der Waals surface area (Å²) in [4.78, 5) is 16.0. The molecule has 2 atom stereocenters. The number of hydrogen-bond acceptors (Lipinski definition) is 4. The van der Waals surface area contributed by atoms with Crippen LogP contribution in [0.2, 0.25) is 0 Å². The van der Waals surface area contributed by atoms with Crippen LogP contribution in [0.4, 0.5) is 5.69 Å². The van der Waals surface area contributed by atoms with Crippen molar-refractivity contribution in [2.75, 3.05) is 32.1 Å². The summed E-state index contributed by atoms with van der Waals surface area (Å²) in [5.74, 6) is -0.108. The van der Waals surface area contributed by atoms with Gasteiger partial charge in [0.1, 0.15) is 0 Å². The maximum Gasteiger partial charge on any atom is 0.254 e. The average Bonchev–Trinajstić information content (AvgIpc) is 2.41. The van der Waals surface area contributed by atoms with Crippen LogP contribution >= 0.6 is 0 Å². The predicted octanol–water partition coefficient (Wildman–Crippen LogP) is 0.710. The summed E-state index contributed by atoms with van der Waals surface area (Å²) in [5, 5.41) is 19.8. The minimum Gasteiger partial charge on any atom is -0.388 e. The van der Waals surface area contributed by atoms with Gasteiger partial charge in [0.05, 0.1) is 11.7 Å². The lowest BCUT2D eigenvalue weighted by Gasteiger charge is -2.40. The minimum absolute atomic E-state index is 0.108. The Morgan fingerprint density at radius 1 is 1.45 bits per heavy atom. The summed E-state index contributed by atoms with van der Waals surface area (Å²) in [5.41, 5.74) is 0.452. The summed E-state index contributed by atoms with van der Waals surface area (Å²) >= 11 is 0. The van der Waals surface area contributed by atoms with Crippen LogP contribution < -0.4 is 4.90 Å². The van der Waals surface area contributed by atoms with Crippen molar-refractivity contribution in [1.29, 1.82) is 0 Å². The van der Waals surface area contributed by atoms with Crippen LogP contribution in [-0.2, 0) is 0 Å². The number of benzene rings is 1. The number of β-amino-alcohol motifs (C(OH)–C–C–N with tert-alkyl or cyclic N) is 1. The number of amides is 1. The third kappa shape index (κ3) is 2.94. The molecule has 0 unspecified atom stereocenters. The summed E-state index contributed by atoms with van der Waals surface area (Å²) in [6.07, 6.45) is -0.523. The smallest absolute Gasteiger partial charge is 0.254 e. The Morgan fingerprint density at radius 2 is 2.15 bits per heavy atom. The van der Waals surface area contributed by atoms with Gasteiger partial charge < -0.3 is 20.0 Å². The lowest BCUT2D eigenvalue weighted by molar-refractivity contribution is -0.0999. The Labute approximate surface area is 119 Å². The van der Waals surface area contributed by atoms with Gasteiger partial charge in [0, 0.05) is 38.4 Å². The van der Waals surface area contributed by atoms with Crippen molar-refractivity contribution < 1.29 is 15.0 Å². The molecule has 0 spiro atoms. The number of anilines is 1. The van der Waals surface area contributed by atoms with Gasteiger partial charge in [0.2, 0.25) is 0 Å². The van der Waals surface area contributed by atoms with E-state index in [0.29, 0.717) is 18.5 Å². The van der Waals surface area contributed by atoms with Gasteiger partial charge in [0.25, 0.3) is 5.91 Å². The molecular weight excluding hydrogens is 256 g/mol. The third-order valence-electron chi connectivity index (χ3n) is 3.90. The van der Waals surface area contributed by atoms with Crippen molar-refractivity contribution in [3.63, 3.8) is 0 Å². The average molecular weight is 278 g/mol. The lowest BCUT2D eigenvalue weighted by atomic mass is 9.90. The van der Waals surface area contributed by atoms with Crippen molar-refractivity contribution >= 4 is 11.6 Å². The summed E-state index contributed by atoms with van der Waals surface area (Å²) in [6.45, 7) is 2.22. The molecule has 0 saturated carbocycles. The first kappa shape index (κ1) is 14.8. The molecule has 1 amide bonds. The summed E-state index contributed by atoms with van der Waals surface area (Å²) in [6, 6.07) is 7.39. The lowest BCUT2D eigenvalue weighted by Crippen LogP contribution is -2.55. The Bertz CT molecular complexity index is 500. The minimum atomic E-state index is -1.11. The molecule has 0 aliphatic carbocycles. The van der Waals surface area contributed by atoms with Gasteiger partial charge in [-0.25, -0.2) is 0 Å². The van der Waals surface area contributed by atoms with Crippen LogP contribution in [0.25, 0.3) is 0 Å². The van der Waals surface area contributed by atoms with Crippen molar-refractivity contribution in [3.8, 4) is 0 Å². The van der Waals surface area contributed by atoms with Gasteiger partial charge in [-0.1, -0.05) is 6.07 Å². The number of piperidine rings is 1. The molecule has 110 valence electrons. The summed E-state index contributed by atoms with van der Waals surface area (Å²) in [7, 11) is 3.84. The SMILES string of the molecule is CN(C)c1cccc(C(=O)N2CC[C@@](C)(O)[C@@H](O)C2)c1. The van der Waals surface area contributed by atoms with E-state index >= 15 is 0 Å². The second kappa shape index (κ2) is 5.42. The zero-order chi connectivity index (χ0) is 14.9. The quantitative estimate of drug-likeness (QED) is 0.836. The highest BCUT2D eigenvalue weighted by Gasteiger charge is 2.38. The van der Waals surface area contributed by atoms with E-state index in [1.54, 1.807) is 17.9 Å². The molecule has 1 aromatic carbocycles. The van der Waals surface area contributed by atoms with Crippen molar-refractivity contribution in [2.45, 2.75) is 25.0 Å². The fourth-order valence-electron chi connectivity index (χ4n) is 2.31. The van der Waals surface area contributed by atoms with Crippen LogP contribution in [0.5, 0.6) is 0 Å². The monoisotopic (exact) mass is 278 g/mol. The first-order valence-corrected chi connectivity index (χ1v) is 6.78. The second-order valence-corrected chi connectivity index (χ2v) is 5.82. The van der Waals surface area contributed by atoms with E-state index in [2.05, 4.69) is 0 Å². The Kier molecular flexibility index (Phi) is 4.01. The van der Waals surface area contributed by atoms with Crippen molar-refractivity contribution in [2.24, 2.45) is 0 Å². The van der Waals surface area contributed by atoms with Gasteiger partial charge >= 0.3 is 0 Å². The Hall–Kier alpha value is -1.59. The zero-order valence-electron chi connectivity index (χ0n) is 12.2. The molecule has 5 nitrogen and oxygen atoms in total. The number of carbonyl (C=O) groups excluding carboxylic acids is 1. The maximum absolute atomic E-state index is 12.4.